The second-order valence-corrected chi connectivity index (χ2v) is 7.08. The van der Waals surface area contributed by atoms with Gasteiger partial charge in [0.25, 0.3) is 0 Å². The molecule has 2 unspecified atom stereocenters. The second kappa shape index (κ2) is 5.69. The van der Waals surface area contributed by atoms with Crippen molar-refractivity contribution in [1.29, 1.82) is 0 Å². The van der Waals surface area contributed by atoms with Gasteiger partial charge in [-0.25, -0.2) is 4.98 Å². The van der Waals surface area contributed by atoms with Crippen molar-refractivity contribution in [3.05, 3.63) is 15.6 Å². The minimum Gasteiger partial charge on any atom is -0.391 e. The zero-order valence-corrected chi connectivity index (χ0v) is 12.3. The number of thioether (sulfide) groups is 1. The number of hydrogen-bond acceptors (Lipinski definition) is 5. The first kappa shape index (κ1) is 13.3. The molecule has 0 bridgehead atoms. The quantitative estimate of drug-likeness (QED) is 0.909. The Kier molecular flexibility index (Phi) is 4.47. The normalized spacial score (nSPS) is 23.9. The molecule has 0 radical (unpaired) electrons. The van der Waals surface area contributed by atoms with E-state index in [2.05, 4.69) is 23.9 Å². The Bertz CT molecular complexity index is 361. The van der Waals surface area contributed by atoms with Gasteiger partial charge in [-0.05, 0) is 20.9 Å². The van der Waals surface area contributed by atoms with Crippen molar-refractivity contribution >= 4 is 23.1 Å². The monoisotopic (exact) mass is 272 g/mol. The van der Waals surface area contributed by atoms with Gasteiger partial charge >= 0.3 is 0 Å². The molecule has 2 heterocycles. The first-order chi connectivity index (χ1) is 8.08. The molecule has 3 nitrogen and oxygen atoms in total. The number of likely N-dealkylation sites (N-methyl/N-ethyl adjacent to an activating group) is 1. The number of nitrogens with zero attached hydrogens (tertiary/aromatic N) is 2. The van der Waals surface area contributed by atoms with E-state index in [9.17, 15) is 5.11 Å². The van der Waals surface area contributed by atoms with Crippen LogP contribution in [0.2, 0.25) is 0 Å². The summed E-state index contributed by atoms with van der Waals surface area (Å²) in [5, 5.41) is 11.4. The van der Waals surface area contributed by atoms with Gasteiger partial charge in [0.2, 0.25) is 0 Å². The minimum atomic E-state index is -0.294. The van der Waals surface area contributed by atoms with Crippen LogP contribution in [0.25, 0.3) is 0 Å². The SMILES string of the molecule is Cc1nc(CC(O)C2CSCCN2C)sc1C. The number of hydrogen-bond donors (Lipinski definition) is 1. The highest BCUT2D eigenvalue weighted by Gasteiger charge is 2.27. The van der Waals surface area contributed by atoms with Crippen LogP contribution in [-0.2, 0) is 6.42 Å². The highest BCUT2D eigenvalue weighted by atomic mass is 32.2. The molecular weight excluding hydrogens is 252 g/mol. The van der Waals surface area contributed by atoms with E-state index in [0.29, 0.717) is 6.42 Å². The van der Waals surface area contributed by atoms with E-state index in [0.717, 1.165) is 23.0 Å². The Morgan fingerprint density at radius 3 is 2.88 bits per heavy atom. The molecular formula is C12H20N2OS2. The fourth-order valence-corrected chi connectivity index (χ4v) is 4.34. The molecule has 1 aliphatic rings. The van der Waals surface area contributed by atoms with Crippen LogP contribution in [0.1, 0.15) is 15.6 Å². The van der Waals surface area contributed by atoms with Crippen molar-refractivity contribution in [3.8, 4) is 0 Å². The molecule has 0 aromatic carbocycles. The van der Waals surface area contributed by atoms with E-state index in [1.54, 1.807) is 11.3 Å². The van der Waals surface area contributed by atoms with E-state index < -0.39 is 0 Å². The molecule has 2 atom stereocenters. The Balaban J connectivity index is 1.98. The third-order valence-electron chi connectivity index (χ3n) is 3.34. The first-order valence-corrected chi connectivity index (χ1v) is 7.94. The molecule has 1 N–H and O–H groups in total. The standard InChI is InChI=1S/C12H20N2OS2/c1-8-9(2)17-12(13-8)6-11(15)10-7-16-5-4-14(10)3/h10-11,15H,4-7H2,1-3H3. The maximum absolute atomic E-state index is 10.3. The molecule has 5 heteroatoms. The predicted octanol–water partition coefficient (Wildman–Crippen LogP) is 1.71. The number of thiazole rings is 1. The second-order valence-electron chi connectivity index (χ2n) is 4.64. The van der Waals surface area contributed by atoms with E-state index in [-0.39, 0.29) is 12.1 Å². The van der Waals surface area contributed by atoms with Crippen molar-refractivity contribution < 1.29 is 5.11 Å². The van der Waals surface area contributed by atoms with E-state index >= 15 is 0 Å². The van der Waals surface area contributed by atoms with Gasteiger partial charge in [0.1, 0.15) is 0 Å². The van der Waals surface area contributed by atoms with Gasteiger partial charge in [-0.3, -0.25) is 4.90 Å². The van der Waals surface area contributed by atoms with Crippen LogP contribution < -0.4 is 0 Å². The topological polar surface area (TPSA) is 36.4 Å². The molecule has 96 valence electrons. The summed E-state index contributed by atoms with van der Waals surface area (Å²) in [5.41, 5.74) is 1.10. The summed E-state index contributed by atoms with van der Waals surface area (Å²) < 4.78 is 0. The van der Waals surface area contributed by atoms with Gasteiger partial charge in [0, 0.05) is 35.4 Å². The van der Waals surface area contributed by atoms with Gasteiger partial charge in [-0.2, -0.15) is 11.8 Å². The van der Waals surface area contributed by atoms with Crippen molar-refractivity contribution in [1.82, 2.24) is 9.88 Å². The average Bonchev–Trinajstić information content (AvgIpc) is 2.58. The average molecular weight is 272 g/mol. The number of aryl methyl sites for hydroxylation is 2. The lowest BCUT2D eigenvalue weighted by atomic mass is 10.1. The number of aliphatic hydroxyl groups excluding tert-OH is 1. The van der Waals surface area contributed by atoms with Crippen LogP contribution >= 0.6 is 23.1 Å². The number of rotatable bonds is 3. The van der Waals surface area contributed by atoms with E-state index in [4.69, 9.17) is 0 Å². The molecule has 1 aliphatic heterocycles. The van der Waals surface area contributed by atoms with Crippen molar-refractivity contribution in [3.63, 3.8) is 0 Å². The lowest BCUT2D eigenvalue weighted by Gasteiger charge is -2.35. The molecule has 1 aromatic heterocycles. The summed E-state index contributed by atoms with van der Waals surface area (Å²) in [6, 6.07) is 0.276. The highest BCUT2D eigenvalue weighted by Crippen LogP contribution is 2.22. The molecule has 1 saturated heterocycles. The lowest BCUT2D eigenvalue weighted by Crippen LogP contribution is -2.47. The van der Waals surface area contributed by atoms with Gasteiger partial charge in [-0.15, -0.1) is 11.3 Å². The van der Waals surface area contributed by atoms with Crippen molar-refractivity contribution in [2.45, 2.75) is 32.4 Å². The van der Waals surface area contributed by atoms with Gasteiger partial charge in [-0.1, -0.05) is 0 Å². The molecule has 17 heavy (non-hydrogen) atoms. The molecule has 0 amide bonds. The van der Waals surface area contributed by atoms with Gasteiger partial charge in [0.05, 0.1) is 16.8 Å². The van der Waals surface area contributed by atoms with Gasteiger partial charge < -0.3 is 5.11 Å². The Morgan fingerprint density at radius 1 is 1.53 bits per heavy atom. The minimum absolute atomic E-state index is 0.276. The zero-order chi connectivity index (χ0) is 12.4. The summed E-state index contributed by atoms with van der Waals surface area (Å²) >= 11 is 3.65. The predicted molar refractivity (Wildman–Crippen MR) is 75.0 cm³/mol. The summed E-state index contributed by atoms with van der Waals surface area (Å²) in [6.45, 7) is 5.19. The highest BCUT2D eigenvalue weighted by molar-refractivity contribution is 7.99. The summed E-state index contributed by atoms with van der Waals surface area (Å²) in [7, 11) is 2.10. The van der Waals surface area contributed by atoms with Crippen LogP contribution in [0.4, 0.5) is 0 Å². The maximum atomic E-state index is 10.3. The summed E-state index contributed by atoms with van der Waals surface area (Å²) in [5.74, 6) is 2.20. The fourth-order valence-electron chi connectivity index (χ4n) is 2.05. The molecule has 1 aromatic rings. The molecule has 0 saturated carbocycles. The Morgan fingerprint density at radius 2 is 2.29 bits per heavy atom. The summed E-state index contributed by atoms with van der Waals surface area (Å²) in [4.78, 5) is 8.04. The van der Waals surface area contributed by atoms with Crippen LogP contribution in [0.15, 0.2) is 0 Å². The van der Waals surface area contributed by atoms with Crippen molar-refractivity contribution in [2.24, 2.45) is 0 Å². The Hall–Kier alpha value is -0.100. The van der Waals surface area contributed by atoms with Crippen molar-refractivity contribution in [2.75, 3.05) is 25.1 Å². The van der Waals surface area contributed by atoms with E-state index in [1.165, 1.54) is 10.6 Å². The lowest BCUT2D eigenvalue weighted by molar-refractivity contribution is 0.0763. The van der Waals surface area contributed by atoms with Crippen LogP contribution in [0.3, 0.4) is 0 Å². The largest absolute Gasteiger partial charge is 0.391 e. The third kappa shape index (κ3) is 3.22. The molecule has 2 rings (SSSR count). The third-order valence-corrected chi connectivity index (χ3v) is 5.49. The maximum Gasteiger partial charge on any atom is 0.0957 e. The smallest absolute Gasteiger partial charge is 0.0957 e. The fraction of sp³-hybridized carbons (Fsp3) is 0.750. The van der Waals surface area contributed by atoms with Gasteiger partial charge in [0.15, 0.2) is 0 Å². The number of aromatic nitrogens is 1. The Labute approximate surface area is 111 Å². The number of aliphatic hydroxyl groups is 1. The van der Waals surface area contributed by atoms with Crippen LogP contribution in [0.5, 0.6) is 0 Å². The van der Waals surface area contributed by atoms with E-state index in [1.807, 2.05) is 18.7 Å². The summed E-state index contributed by atoms with van der Waals surface area (Å²) in [6.07, 6.45) is 0.396. The molecule has 1 fully saturated rings. The van der Waals surface area contributed by atoms with Crippen LogP contribution in [-0.4, -0.2) is 52.2 Å². The molecule has 0 aliphatic carbocycles. The van der Waals surface area contributed by atoms with Crippen LogP contribution in [0, 0.1) is 13.8 Å². The zero-order valence-electron chi connectivity index (χ0n) is 10.6. The molecule has 0 spiro atoms. The first-order valence-electron chi connectivity index (χ1n) is 5.97.